The lowest BCUT2D eigenvalue weighted by molar-refractivity contribution is -0.902. The predicted octanol–water partition coefficient (Wildman–Crippen LogP) is 0.161. The van der Waals surface area contributed by atoms with Crippen molar-refractivity contribution in [2.75, 3.05) is 49.8 Å². The summed E-state index contributed by atoms with van der Waals surface area (Å²) in [5.74, 6) is -0.162. The van der Waals surface area contributed by atoms with Gasteiger partial charge < -0.3 is 9.80 Å². The maximum absolute atomic E-state index is 12.6. The second-order valence-corrected chi connectivity index (χ2v) is 8.53. The monoisotopic (exact) mass is 374 g/mol. The van der Waals surface area contributed by atoms with Crippen molar-refractivity contribution in [2.24, 2.45) is 0 Å². The first-order valence-electron chi connectivity index (χ1n) is 8.07. The molecule has 1 aromatic rings. The SMILES string of the molecule is CC[NH+]1CCN(C(=O)CN(c2ccc(Cl)cc2C)S(C)(=O)=O)CC1. The summed E-state index contributed by atoms with van der Waals surface area (Å²) < 4.78 is 25.6. The minimum Gasteiger partial charge on any atom is -0.332 e. The summed E-state index contributed by atoms with van der Waals surface area (Å²) in [5.41, 5.74) is 1.22. The zero-order valence-corrected chi connectivity index (χ0v) is 16.0. The van der Waals surface area contributed by atoms with Gasteiger partial charge in [-0.15, -0.1) is 0 Å². The van der Waals surface area contributed by atoms with Crippen molar-refractivity contribution in [3.05, 3.63) is 28.8 Å². The van der Waals surface area contributed by atoms with Gasteiger partial charge >= 0.3 is 0 Å². The quantitative estimate of drug-likeness (QED) is 0.798. The molecule has 0 unspecified atom stereocenters. The number of amides is 1. The van der Waals surface area contributed by atoms with E-state index >= 15 is 0 Å². The highest BCUT2D eigenvalue weighted by Crippen LogP contribution is 2.25. The second kappa shape index (κ2) is 7.72. The van der Waals surface area contributed by atoms with Gasteiger partial charge in [0.15, 0.2) is 0 Å². The van der Waals surface area contributed by atoms with Crippen LogP contribution in [0.1, 0.15) is 12.5 Å². The van der Waals surface area contributed by atoms with E-state index in [2.05, 4.69) is 6.92 Å². The molecule has 6 nitrogen and oxygen atoms in total. The highest BCUT2D eigenvalue weighted by molar-refractivity contribution is 7.92. The fraction of sp³-hybridized carbons (Fsp3) is 0.562. The van der Waals surface area contributed by atoms with E-state index in [0.29, 0.717) is 23.8 Å². The molecule has 1 N–H and O–H groups in total. The van der Waals surface area contributed by atoms with Crippen LogP contribution in [0.2, 0.25) is 5.02 Å². The fourth-order valence-electron chi connectivity index (χ4n) is 2.93. The lowest BCUT2D eigenvalue weighted by atomic mass is 10.2. The number of likely N-dealkylation sites (N-methyl/N-ethyl adjacent to an activating group) is 1. The Labute approximate surface area is 149 Å². The molecule has 0 radical (unpaired) electrons. The van der Waals surface area contributed by atoms with Crippen LogP contribution in [0.15, 0.2) is 18.2 Å². The Balaban J connectivity index is 2.17. The summed E-state index contributed by atoms with van der Waals surface area (Å²) in [7, 11) is -3.56. The molecule has 1 amide bonds. The Morgan fingerprint density at radius 2 is 1.96 bits per heavy atom. The molecule has 2 rings (SSSR count). The number of benzene rings is 1. The molecule has 1 aliphatic heterocycles. The van der Waals surface area contributed by atoms with Crippen LogP contribution in [0, 0.1) is 6.92 Å². The average Bonchev–Trinajstić information content (AvgIpc) is 2.52. The molecule has 1 saturated heterocycles. The van der Waals surface area contributed by atoms with E-state index in [0.717, 1.165) is 31.5 Å². The van der Waals surface area contributed by atoms with Crippen LogP contribution in [0.5, 0.6) is 0 Å². The van der Waals surface area contributed by atoms with E-state index < -0.39 is 10.0 Å². The van der Waals surface area contributed by atoms with Crippen molar-refractivity contribution in [2.45, 2.75) is 13.8 Å². The number of nitrogens with zero attached hydrogens (tertiary/aromatic N) is 2. The van der Waals surface area contributed by atoms with Crippen LogP contribution in [0.25, 0.3) is 0 Å². The van der Waals surface area contributed by atoms with Gasteiger partial charge in [0.1, 0.15) is 6.54 Å². The molecule has 0 aliphatic carbocycles. The predicted molar refractivity (Wildman–Crippen MR) is 96.2 cm³/mol. The largest absolute Gasteiger partial charge is 0.332 e. The van der Waals surface area contributed by atoms with Gasteiger partial charge in [-0.05, 0) is 37.6 Å². The van der Waals surface area contributed by atoms with Gasteiger partial charge in [0.2, 0.25) is 15.9 Å². The molecule has 24 heavy (non-hydrogen) atoms. The van der Waals surface area contributed by atoms with Crippen molar-refractivity contribution in [3.8, 4) is 0 Å². The maximum Gasteiger partial charge on any atom is 0.243 e. The number of carbonyl (C=O) groups is 1. The lowest BCUT2D eigenvalue weighted by Crippen LogP contribution is -3.14. The smallest absolute Gasteiger partial charge is 0.243 e. The number of hydrogen-bond acceptors (Lipinski definition) is 3. The number of quaternary nitrogens is 1. The van der Waals surface area contributed by atoms with Crippen molar-refractivity contribution in [1.82, 2.24) is 4.90 Å². The molecule has 0 atom stereocenters. The molecular formula is C16H25ClN3O3S+. The lowest BCUT2D eigenvalue weighted by Gasteiger charge is -2.33. The van der Waals surface area contributed by atoms with Crippen LogP contribution in [-0.4, -0.2) is 64.7 Å². The first kappa shape index (κ1) is 19.0. The van der Waals surface area contributed by atoms with E-state index in [-0.39, 0.29) is 12.5 Å². The van der Waals surface area contributed by atoms with E-state index in [1.54, 1.807) is 30.0 Å². The first-order chi connectivity index (χ1) is 11.2. The second-order valence-electron chi connectivity index (χ2n) is 6.18. The summed E-state index contributed by atoms with van der Waals surface area (Å²) in [4.78, 5) is 15.8. The fourth-order valence-corrected chi connectivity index (χ4v) is 4.06. The zero-order chi connectivity index (χ0) is 17.9. The van der Waals surface area contributed by atoms with Gasteiger partial charge in [0.25, 0.3) is 0 Å². The number of hydrogen-bond donors (Lipinski definition) is 1. The first-order valence-corrected chi connectivity index (χ1v) is 10.3. The Morgan fingerprint density at radius 3 is 2.46 bits per heavy atom. The van der Waals surface area contributed by atoms with E-state index in [1.165, 1.54) is 9.21 Å². The van der Waals surface area contributed by atoms with Crippen LogP contribution in [0.3, 0.4) is 0 Å². The summed E-state index contributed by atoms with van der Waals surface area (Å²) in [6.07, 6.45) is 1.12. The third kappa shape index (κ3) is 4.62. The van der Waals surface area contributed by atoms with E-state index in [4.69, 9.17) is 11.6 Å². The van der Waals surface area contributed by atoms with Gasteiger partial charge in [-0.25, -0.2) is 8.42 Å². The van der Waals surface area contributed by atoms with Crippen LogP contribution < -0.4 is 9.21 Å². The van der Waals surface area contributed by atoms with E-state index in [1.807, 2.05) is 0 Å². The third-order valence-corrected chi connectivity index (χ3v) is 5.79. The minimum absolute atomic E-state index is 0.162. The molecule has 8 heteroatoms. The zero-order valence-electron chi connectivity index (χ0n) is 14.4. The molecular weight excluding hydrogens is 350 g/mol. The summed E-state index contributed by atoms with van der Waals surface area (Å²) in [5, 5.41) is 0.537. The van der Waals surface area contributed by atoms with Gasteiger partial charge in [-0.3, -0.25) is 9.10 Å². The Hall–Kier alpha value is -1.31. The summed E-state index contributed by atoms with van der Waals surface area (Å²) in [6, 6.07) is 4.98. The van der Waals surface area contributed by atoms with Gasteiger partial charge in [0, 0.05) is 5.02 Å². The number of halogens is 1. The normalized spacial score (nSPS) is 16.2. The molecule has 1 heterocycles. The molecule has 0 spiro atoms. The van der Waals surface area contributed by atoms with Gasteiger partial charge in [-0.1, -0.05) is 11.6 Å². The number of carbonyl (C=O) groups excluding carboxylic acids is 1. The standard InChI is InChI=1S/C16H24ClN3O3S/c1-4-18-7-9-19(10-8-18)16(21)12-20(24(3,22)23)15-6-5-14(17)11-13(15)2/h5-6,11H,4,7-10,12H2,1-3H3/p+1. The molecule has 0 saturated carbocycles. The number of aryl methyl sites for hydroxylation is 1. The molecule has 1 fully saturated rings. The van der Waals surface area contributed by atoms with Gasteiger partial charge in [-0.2, -0.15) is 0 Å². The minimum atomic E-state index is -3.56. The third-order valence-electron chi connectivity index (χ3n) is 4.43. The molecule has 134 valence electrons. The number of anilines is 1. The highest BCUT2D eigenvalue weighted by atomic mass is 35.5. The molecule has 0 bridgehead atoms. The topological polar surface area (TPSA) is 62.1 Å². The van der Waals surface area contributed by atoms with Crippen molar-refractivity contribution in [1.29, 1.82) is 0 Å². The van der Waals surface area contributed by atoms with Crippen molar-refractivity contribution >= 4 is 33.2 Å². The maximum atomic E-state index is 12.6. The van der Waals surface area contributed by atoms with E-state index in [9.17, 15) is 13.2 Å². The molecule has 1 aliphatic rings. The number of piperazine rings is 1. The number of rotatable bonds is 5. The summed E-state index contributed by atoms with van der Waals surface area (Å²) in [6.45, 7) is 7.92. The van der Waals surface area contributed by atoms with Crippen LogP contribution in [0.4, 0.5) is 5.69 Å². The number of sulfonamides is 1. The number of nitrogens with one attached hydrogen (secondary N) is 1. The van der Waals surface area contributed by atoms with Crippen molar-refractivity contribution in [3.63, 3.8) is 0 Å². The molecule has 0 aromatic heterocycles. The van der Waals surface area contributed by atoms with Crippen LogP contribution >= 0.6 is 11.6 Å². The molecule has 1 aromatic carbocycles. The summed E-state index contributed by atoms with van der Waals surface area (Å²) >= 11 is 5.95. The Kier molecular flexibility index (Phi) is 6.11. The van der Waals surface area contributed by atoms with Gasteiger partial charge in [0.05, 0.1) is 44.7 Å². The Bertz CT molecular complexity index is 701. The highest BCUT2D eigenvalue weighted by Gasteiger charge is 2.28. The Morgan fingerprint density at radius 1 is 1.33 bits per heavy atom. The van der Waals surface area contributed by atoms with Crippen molar-refractivity contribution < 1.29 is 18.1 Å². The average molecular weight is 375 g/mol. The van der Waals surface area contributed by atoms with Crippen LogP contribution in [-0.2, 0) is 14.8 Å².